The third-order valence-corrected chi connectivity index (χ3v) is 4.12. The fraction of sp³-hybridized carbons (Fsp3) is 0.786. The molecule has 0 bridgehead atoms. The summed E-state index contributed by atoms with van der Waals surface area (Å²) in [6.07, 6.45) is 2.16. The van der Waals surface area contributed by atoms with Crippen molar-refractivity contribution in [3.8, 4) is 0 Å². The van der Waals surface area contributed by atoms with Crippen molar-refractivity contribution in [2.24, 2.45) is 0 Å². The fourth-order valence-corrected chi connectivity index (χ4v) is 2.69. The Balaban J connectivity index is 3.08. The molecule has 2 unspecified atom stereocenters. The van der Waals surface area contributed by atoms with Gasteiger partial charge in [-0.05, 0) is 39.4 Å². The molecule has 1 aromatic rings. The summed E-state index contributed by atoms with van der Waals surface area (Å²) in [6, 6.07) is 1.92. The summed E-state index contributed by atoms with van der Waals surface area (Å²) in [7, 11) is 0. The number of aryl methyl sites for hydroxylation is 1. The van der Waals surface area contributed by atoms with Gasteiger partial charge in [0.1, 0.15) is 6.10 Å². The summed E-state index contributed by atoms with van der Waals surface area (Å²) < 4.78 is 1.88. The Morgan fingerprint density at radius 2 is 1.94 bits per heavy atom. The molecule has 4 heteroatoms. The molecule has 4 nitrogen and oxygen atoms in total. The van der Waals surface area contributed by atoms with Crippen molar-refractivity contribution < 1.29 is 5.11 Å². The van der Waals surface area contributed by atoms with Gasteiger partial charge in [-0.2, -0.15) is 5.10 Å². The molecule has 0 aromatic carbocycles. The van der Waals surface area contributed by atoms with E-state index in [1.165, 1.54) is 0 Å². The van der Waals surface area contributed by atoms with Gasteiger partial charge in [-0.3, -0.25) is 9.58 Å². The average molecular weight is 253 g/mol. The Labute approximate surface area is 111 Å². The van der Waals surface area contributed by atoms with E-state index in [9.17, 15) is 5.11 Å². The zero-order valence-corrected chi connectivity index (χ0v) is 12.3. The van der Waals surface area contributed by atoms with E-state index in [0.717, 1.165) is 31.7 Å². The zero-order valence-electron chi connectivity index (χ0n) is 12.3. The van der Waals surface area contributed by atoms with E-state index in [1.54, 1.807) is 6.20 Å². The molecule has 0 fully saturated rings. The first-order chi connectivity index (χ1) is 8.54. The van der Waals surface area contributed by atoms with Crippen molar-refractivity contribution in [2.75, 3.05) is 13.1 Å². The molecule has 1 N–H and O–H groups in total. The highest BCUT2D eigenvalue weighted by Crippen LogP contribution is 2.33. The van der Waals surface area contributed by atoms with Crippen LogP contribution in [0.4, 0.5) is 0 Å². The second-order valence-electron chi connectivity index (χ2n) is 4.86. The average Bonchev–Trinajstić information content (AvgIpc) is 2.86. The summed E-state index contributed by atoms with van der Waals surface area (Å²) >= 11 is 0. The quantitative estimate of drug-likeness (QED) is 0.811. The Kier molecular flexibility index (Phi) is 5.35. The molecule has 0 aliphatic rings. The molecule has 1 aromatic heterocycles. The standard InChI is InChI=1S/C14H27N3O/c1-6-14(5,16(7-2)8-3)13(18)12-10-11-15-17(12)9-4/h10-11,13,18H,6-9H2,1-5H3. The first kappa shape index (κ1) is 15.2. The lowest BCUT2D eigenvalue weighted by Crippen LogP contribution is -2.50. The highest BCUT2D eigenvalue weighted by atomic mass is 16.3. The van der Waals surface area contributed by atoms with Crippen LogP contribution >= 0.6 is 0 Å². The maximum atomic E-state index is 10.8. The van der Waals surface area contributed by atoms with Crippen molar-refractivity contribution >= 4 is 0 Å². The van der Waals surface area contributed by atoms with Crippen LogP contribution in [-0.4, -0.2) is 38.4 Å². The summed E-state index contributed by atoms with van der Waals surface area (Å²) in [6.45, 7) is 13.3. The van der Waals surface area contributed by atoms with Gasteiger partial charge in [0.05, 0.1) is 5.69 Å². The smallest absolute Gasteiger partial charge is 0.114 e. The topological polar surface area (TPSA) is 41.3 Å². The van der Waals surface area contributed by atoms with Gasteiger partial charge in [-0.25, -0.2) is 0 Å². The van der Waals surface area contributed by atoms with E-state index >= 15 is 0 Å². The molecule has 0 saturated heterocycles. The van der Waals surface area contributed by atoms with E-state index in [1.807, 2.05) is 17.7 Å². The predicted molar refractivity (Wildman–Crippen MR) is 74.5 cm³/mol. The van der Waals surface area contributed by atoms with Crippen LogP contribution in [-0.2, 0) is 6.54 Å². The number of aliphatic hydroxyl groups excluding tert-OH is 1. The van der Waals surface area contributed by atoms with Gasteiger partial charge >= 0.3 is 0 Å². The molecule has 0 aliphatic heterocycles. The minimum absolute atomic E-state index is 0.240. The van der Waals surface area contributed by atoms with Gasteiger partial charge in [-0.15, -0.1) is 0 Å². The molecule has 1 heterocycles. The Bertz CT molecular complexity index is 360. The van der Waals surface area contributed by atoms with Crippen LogP contribution < -0.4 is 0 Å². The van der Waals surface area contributed by atoms with Gasteiger partial charge in [0.2, 0.25) is 0 Å². The molecule has 104 valence electrons. The van der Waals surface area contributed by atoms with Crippen molar-refractivity contribution in [3.05, 3.63) is 18.0 Å². The van der Waals surface area contributed by atoms with Crippen LogP contribution in [0.5, 0.6) is 0 Å². The summed E-state index contributed by atoms with van der Waals surface area (Å²) in [4.78, 5) is 2.32. The lowest BCUT2D eigenvalue weighted by atomic mass is 9.87. The van der Waals surface area contributed by atoms with Crippen molar-refractivity contribution in [2.45, 2.75) is 59.2 Å². The van der Waals surface area contributed by atoms with E-state index in [2.05, 4.69) is 37.7 Å². The second kappa shape index (κ2) is 6.34. The first-order valence-corrected chi connectivity index (χ1v) is 6.99. The molecular formula is C14H27N3O. The van der Waals surface area contributed by atoms with Crippen LogP contribution in [0, 0.1) is 0 Å². The van der Waals surface area contributed by atoms with Crippen LogP contribution in [0.25, 0.3) is 0 Å². The molecule has 0 aliphatic carbocycles. The highest BCUT2D eigenvalue weighted by molar-refractivity contribution is 5.11. The lowest BCUT2D eigenvalue weighted by Gasteiger charge is -2.43. The summed E-state index contributed by atoms with van der Waals surface area (Å²) in [5.41, 5.74) is 0.671. The molecule has 1 rings (SSSR count). The summed E-state index contributed by atoms with van der Waals surface area (Å²) in [5, 5.41) is 15.0. The van der Waals surface area contributed by atoms with Crippen molar-refractivity contribution in [3.63, 3.8) is 0 Å². The normalized spacial score (nSPS) is 16.8. The van der Waals surface area contributed by atoms with E-state index < -0.39 is 6.10 Å². The van der Waals surface area contributed by atoms with Crippen LogP contribution in [0.15, 0.2) is 12.3 Å². The molecule has 0 amide bonds. The summed E-state index contributed by atoms with van der Waals surface area (Å²) in [5.74, 6) is 0. The molecule has 0 radical (unpaired) electrons. The fourth-order valence-electron chi connectivity index (χ4n) is 2.69. The molecular weight excluding hydrogens is 226 g/mol. The lowest BCUT2D eigenvalue weighted by molar-refractivity contribution is -0.0258. The number of hydrogen-bond acceptors (Lipinski definition) is 3. The minimum Gasteiger partial charge on any atom is -0.385 e. The van der Waals surface area contributed by atoms with Crippen LogP contribution in [0.3, 0.4) is 0 Å². The zero-order chi connectivity index (χ0) is 13.8. The number of aliphatic hydroxyl groups is 1. The Hall–Kier alpha value is -0.870. The Morgan fingerprint density at radius 3 is 2.39 bits per heavy atom. The maximum Gasteiger partial charge on any atom is 0.114 e. The van der Waals surface area contributed by atoms with Crippen LogP contribution in [0.1, 0.15) is 52.8 Å². The predicted octanol–water partition coefficient (Wildman–Crippen LogP) is 2.45. The minimum atomic E-state index is -0.509. The van der Waals surface area contributed by atoms with Gasteiger partial charge in [0.25, 0.3) is 0 Å². The van der Waals surface area contributed by atoms with E-state index in [0.29, 0.717) is 0 Å². The van der Waals surface area contributed by atoms with Crippen molar-refractivity contribution in [1.82, 2.24) is 14.7 Å². The Morgan fingerprint density at radius 1 is 1.33 bits per heavy atom. The number of nitrogens with zero attached hydrogens (tertiary/aromatic N) is 3. The number of rotatable bonds is 7. The third kappa shape index (κ3) is 2.59. The molecule has 0 saturated carbocycles. The van der Waals surface area contributed by atoms with Gasteiger partial charge in [0, 0.05) is 18.3 Å². The van der Waals surface area contributed by atoms with E-state index in [-0.39, 0.29) is 5.54 Å². The molecule has 0 spiro atoms. The van der Waals surface area contributed by atoms with E-state index in [4.69, 9.17) is 0 Å². The monoisotopic (exact) mass is 253 g/mol. The van der Waals surface area contributed by atoms with Crippen LogP contribution in [0.2, 0.25) is 0 Å². The third-order valence-electron chi connectivity index (χ3n) is 4.12. The number of likely N-dealkylation sites (N-methyl/N-ethyl adjacent to an activating group) is 1. The maximum absolute atomic E-state index is 10.8. The highest BCUT2D eigenvalue weighted by Gasteiger charge is 2.38. The first-order valence-electron chi connectivity index (χ1n) is 6.99. The largest absolute Gasteiger partial charge is 0.385 e. The molecule has 2 atom stereocenters. The molecule has 18 heavy (non-hydrogen) atoms. The van der Waals surface area contributed by atoms with Crippen molar-refractivity contribution in [1.29, 1.82) is 0 Å². The van der Waals surface area contributed by atoms with Gasteiger partial charge < -0.3 is 5.11 Å². The van der Waals surface area contributed by atoms with Gasteiger partial charge in [0.15, 0.2) is 0 Å². The number of hydrogen-bond donors (Lipinski definition) is 1. The van der Waals surface area contributed by atoms with Gasteiger partial charge in [-0.1, -0.05) is 20.8 Å². The number of aromatic nitrogens is 2. The SMILES string of the molecule is CCN(CC)C(C)(CC)C(O)c1ccnn1CC. The second-order valence-corrected chi connectivity index (χ2v) is 4.86.